The fourth-order valence-corrected chi connectivity index (χ4v) is 2.46. The maximum atomic E-state index is 12.2. The van der Waals surface area contributed by atoms with Gasteiger partial charge in [-0.2, -0.15) is 0 Å². The van der Waals surface area contributed by atoms with E-state index in [2.05, 4.69) is 15.9 Å². The van der Waals surface area contributed by atoms with E-state index in [9.17, 15) is 4.79 Å². The second-order valence-corrected chi connectivity index (χ2v) is 5.63. The van der Waals surface area contributed by atoms with Crippen molar-refractivity contribution in [2.75, 3.05) is 19.3 Å². The van der Waals surface area contributed by atoms with Gasteiger partial charge in [-0.3, -0.25) is 4.79 Å². The predicted octanol–water partition coefficient (Wildman–Crippen LogP) is 2.90. The zero-order valence-corrected chi connectivity index (χ0v) is 11.5. The number of anilines is 1. The first-order valence-corrected chi connectivity index (χ1v) is 6.67. The lowest BCUT2D eigenvalue weighted by Crippen LogP contribution is -2.34. The fourth-order valence-electron chi connectivity index (χ4n) is 2.08. The van der Waals surface area contributed by atoms with E-state index in [1.807, 2.05) is 13.1 Å². The lowest BCUT2D eigenvalue weighted by Gasteiger charge is -2.30. The van der Waals surface area contributed by atoms with E-state index in [1.54, 1.807) is 17.0 Å². The Morgan fingerprint density at radius 2 is 2.24 bits per heavy atom. The number of halogens is 1. The van der Waals surface area contributed by atoms with Crippen molar-refractivity contribution in [3.8, 4) is 0 Å². The molecule has 1 fully saturated rings. The van der Waals surface area contributed by atoms with Crippen molar-refractivity contribution in [2.45, 2.75) is 19.3 Å². The minimum Gasteiger partial charge on any atom is -0.398 e. The van der Waals surface area contributed by atoms with Crippen molar-refractivity contribution in [2.24, 2.45) is 5.92 Å². The predicted molar refractivity (Wildman–Crippen MR) is 72.9 cm³/mol. The van der Waals surface area contributed by atoms with E-state index in [4.69, 9.17) is 5.73 Å². The molecule has 0 bridgehead atoms. The van der Waals surface area contributed by atoms with Gasteiger partial charge in [0.15, 0.2) is 0 Å². The van der Waals surface area contributed by atoms with Gasteiger partial charge in [0.05, 0.1) is 5.56 Å². The number of hydrogen-bond acceptors (Lipinski definition) is 2. The van der Waals surface area contributed by atoms with Crippen molar-refractivity contribution in [1.29, 1.82) is 0 Å². The van der Waals surface area contributed by atoms with Crippen LogP contribution in [0.25, 0.3) is 0 Å². The summed E-state index contributed by atoms with van der Waals surface area (Å²) in [5, 5.41) is 0. The highest BCUT2D eigenvalue weighted by atomic mass is 79.9. The number of nitrogens with zero attached hydrogens (tertiary/aromatic N) is 1. The lowest BCUT2D eigenvalue weighted by atomic mass is 9.85. The van der Waals surface area contributed by atoms with Crippen LogP contribution in [-0.2, 0) is 0 Å². The zero-order valence-electron chi connectivity index (χ0n) is 9.95. The Labute approximate surface area is 110 Å². The molecule has 0 aliphatic heterocycles. The number of hydrogen-bond donors (Lipinski definition) is 1. The standard InChI is InChI=1S/C13H17BrN2O/c1-16(8-9-3-2-4-9)13(17)11-6-5-10(14)7-12(11)15/h5-7,9H,2-4,8,15H2,1H3. The third-order valence-electron chi connectivity index (χ3n) is 3.35. The highest BCUT2D eigenvalue weighted by molar-refractivity contribution is 9.10. The Morgan fingerprint density at radius 3 is 2.76 bits per heavy atom. The van der Waals surface area contributed by atoms with Crippen molar-refractivity contribution >= 4 is 27.5 Å². The molecule has 0 saturated heterocycles. The Morgan fingerprint density at radius 1 is 1.53 bits per heavy atom. The molecule has 3 nitrogen and oxygen atoms in total. The Bertz CT molecular complexity index is 429. The third kappa shape index (κ3) is 2.80. The molecular weight excluding hydrogens is 280 g/mol. The highest BCUT2D eigenvalue weighted by Gasteiger charge is 2.22. The van der Waals surface area contributed by atoms with Gasteiger partial charge in [-0.25, -0.2) is 0 Å². The number of amides is 1. The molecule has 1 aromatic rings. The zero-order chi connectivity index (χ0) is 12.4. The molecule has 4 heteroatoms. The lowest BCUT2D eigenvalue weighted by molar-refractivity contribution is 0.0746. The molecular formula is C13H17BrN2O. The Balaban J connectivity index is 2.07. The van der Waals surface area contributed by atoms with Crippen LogP contribution in [0, 0.1) is 5.92 Å². The topological polar surface area (TPSA) is 46.3 Å². The van der Waals surface area contributed by atoms with Crippen molar-refractivity contribution in [3.63, 3.8) is 0 Å². The summed E-state index contributed by atoms with van der Waals surface area (Å²) in [6.45, 7) is 0.842. The van der Waals surface area contributed by atoms with Crippen LogP contribution in [0.15, 0.2) is 22.7 Å². The van der Waals surface area contributed by atoms with Crippen molar-refractivity contribution < 1.29 is 4.79 Å². The molecule has 0 heterocycles. The van der Waals surface area contributed by atoms with Crippen LogP contribution in [0.5, 0.6) is 0 Å². The molecule has 92 valence electrons. The number of carbonyl (C=O) groups is 1. The second-order valence-electron chi connectivity index (χ2n) is 4.71. The molecule has 0 atom stereocenters. The SMILES string of the molecule is CN(CC1CCC1)C(=O)c1ccc(Br)cc1N. The first-order chi connectivity index (χ1) is 8.08. The second kappa shape index (κ2) is 5.08. The smallest absolute Gasteiger partial charge is 0.255 e. The normalized spacial score (nSPS) is 15.4. The molecule has 2 rings (SSSR count). The largest absolute Gasteiger partial charge is 0.398 e. The monoisotopic (exact) mass is 296 g/mol. The first-order valence-electron chi connectivity index (χ1n) is 5.88. The quantitative estimate of drug-likeness (QED) is 0.872. The van der Waals surface area contributed by atoms with Crippen LogP contribution in [0.4, 0.5) is 5.69 Å². The molecule has 1 amide bonds. The molecule has 1 aliphatic carbocycles. The maximum Gasteiger partial charge on any atom is 0.255 e. The summed E-state index contributed by atoms with van der Waals surface area (Å²) < 4.78 is 0.896. The van der Waals surface area contributed by atoms with Crippen LogP contribution in [0.1, 0.15) is 29.6 Å². The summed E-state index contributed by atoms with van der Waals surface area (Å²) in [6, 6.07) is 5.39. The van der Waals surface area contributed by atoms with E-state index in [1.165, 1.54) is 19.3 Å². The van der Waals surface area contributed by atoms with Crippen LogP contribution in [0.3, 0.4) is 0 Å². The van der Waals surface area contributed by atoms with E-state index in [0.29, 0.717) is 17.2 Å². The molecule has 1 saturated carbocycles. The molecule has 1 aliphatic rings. The van der Waals surface area contributed by atoms with Crippen LogP contribution in [0.2, 0.25) is 0 Å². The number of nitrogen functional groups attached to an aromatic ring is 1. The van der Waals surface area contributed by atoms with E-state index in [-0.39, 0.29) is 5.91 Å². The summed E-state index contributed by atoms with van der Waals surface area (Å²) in [5.41, 5.74) is 6.98. The molecule has 0 radical (unpaired) electrons. The van der Waals surface area contributed by atoms with Crippen molar-refractivity contribution in [1.82, 2.24) is 4.90 Å². The Hall–Kier alpha value is -1.03. The minimum atomic E-state index is 0.0156. The molecule has 1 aromatic carbocycles. The van der Waals surface area contributed by atoms with Gasteiger partial charge in [-0.05, 0) is 37.0 Å². The average molecular weight is 297 g/mol. The van der Waals surface area contributed by atoms with Crippen LogP contribution < -0.4 is 5.73 Å². The fraction of sp³-hybridized carbons (Fsp3) is 0.462. The molecule has 2 N–H and O–H groups in total. The van der Waals surface area contributed by atoms with E-state index >= 15 is 0 Å². The van der Waals surface area contributed by atoms with E-state index in [0.717, 1.165) is 11.0 Å². The molecule has 0 spiro atoms. The van der Waals surface area contributed by atoms with Gasteiger partial charge < -0.3 is 10.6 Å². The molecule has 0 unspecified atom stereocenters. The summed E-state index contributed by atoms with van der Waals surface area (Å²) >= 11 is 3.34. The maximum absolute atomic E-state index is 12.2. The van der Waals surface area contributed by atoms with Crippen LogP contribution in [-0.4, -0.2) is 24.4 Å². The van der Waals surface area contributed by atoms with Gasteiger partial charge in [0, 0.05) is 23.8 Å². The van der Waals surface area contributed by atoms with Gasteiger partial charge in [0.1, 0.15) is 0 Å². The number of rotatable bonds is 3. The van der Waals surface area contributed by atoms with E-state index < -0.39 is 0 Å². The summed E-state index contributed by atoms with van der Waals surface area (Å²) in [5.74, 6) is 0.697. The van der Waals surface area contributed by atoms with Gasteiger partial charge in [0.25, 0.3) is 5.91 Å². The number of carbonyl (C=O) groups excluding carboxylic acids is 1. The van der Waals surface area contributed by atoms with Gasteiger partial charge in [0.2, 0.25) is 0 Å². The van der Waals surface area contributed by atoms with Crippen LogP contribution >= 0.6 is 15.9 Å². The summed E-state index contributed by atoms with van der Waals surface area (Å²) in [7, 11) is 1.85. The highest BCUT2D eigenvalue weighted by Crippen LogP contribution is 2.27. The summed E-state index contributed by atoms with van der Waals surface area (Å²) in [4.78, 5) is 14.0. The number of nitrogens with two attached hydrogens (primary N) is 1. The average Bonchev–Trinajstić information content (AvgIpc) is 2.22. The molecule has 17 heavy (non-hydrogen) atoms. The molecule has 0 aromatic heterocycles. The first kappa shape index (κ1) is 12.4. The summed E-state index contributed by atoms with van der Waals surface area (Å²) in [6.07, 6.45) is 3.79. The Kier molecular flexibility index (Phi) is 3.72. The minimum absolute atomic E-state index is 0.0156. The third-order valence-corrected chi connectivity index (χ3v) is 3.84. The number of benzene rings is 1. The van der Waals surface area contributed by atoms with Gasteiger partial charge in [-0.15, -0.1) is 0 Å². The van der Waals surface area contributed by atoms with Gasteiger partial charge in [-0.1, -0.05) is 22.4 Å². The van der Waals surface area contributed by atoms with Gasteiger partial charge >= 0.3 is 0 Å². The van der Waals surface area contributed by atoms with Crippen molar-refractivity contribution in [3.05, 3.63) is 28.2 Å².